The van der Waals surface area contributed by atoms with Gasteiger partial charge in [0.1, 0.15) is 0 Å². The van der Waals surface area contributed by atoms with Crippen molar-refractivity contribution in [3.8, 4) is 11.1 Å². The molecule has 1 aromatic carbocycles. The fraction of sp³-hybridized carbons (Fsp3) is 0.238. The largest absolute Gasteiger partial charge is 0.433 e. The van der Waals surface area contributed by atoms with Crippen molar-refractivity contribution in [2.75, 3.05) is 6.54 Å². The summed E-state index contributed by atoms with van der Waals surface area (Å²) in [5, 5.41) is 3.00. The van der Waals surface area contributed by atoms with E-state index in [2.05, 4.69) is 15.4 Å². The minimum absolute atomic E-state index is 0.0581. The molecule has 0 unspecified atom stereocenters. The van der Waals surface area contributed by atoms with E-state index in [0.29, 0.717) is 41.3 Å². The number of pyridine rings is 2. The van der Waals surface area contributed by atoms with Crippen molar-refractivity contribution in [2.45, 2.75) is 25.1 Å². The second-order valence-electron chi connectivity index (χ2n) is 7.20. The van der Waals surface area contributed by atoms with Crippen LogP contribution in [0.4, 0.5) is 17.6 Å². The third kappa shape index (κ3) is 5.15. The fourth-order valence-corrected chi connectivity index (χ4v) is 4.00. The predicted octanol–water partition coefficient (Wildman–Crippen LogP) is 4.65. The molecule has 0 saturated carbocycles. The maximum atomic E-state index is 13.6. The second kappa shape index (κ2) is 8.81. The molecule has 3 N–H and O–H groups in total. The van der Waals surface area contributed by atoms with Crippen molar-refractivity contribution in [2.24, 2.45) is 5.73 Å². The first-order valence-corrected chi connectivity index (χ1v) is 10.4. The molecule has 0 radical (unpaired) electrons. The van der Waals surface area contributed by atoms with Gasteiger partial charge < -0.3 is 11.2 Å². The lowest BCUT2D eigenvalue weighted by Gasteiger charge is -2.18. The maximum absolute atomic E-state index is 13.6. The average Bonchev–Trinajstić information content (AvgIpc) is 3.24. The van der Waals surface area contributed by atoms with E-state index < -0.39 is 17.8 Å². The van der Waals surface area contributed by atoms with Gasteiger partial charge in [0.25, 0.3) is 0 Å². The Kier molecular flexibility index (Phi) is 6.12. The second-order valence-corrected chi connectivity index (χ2v) is 8.12. The molecule has 31 heavy (non-hydrogen) atoms. The molecule has 162 valence electrons. The number of alkyl halides is 3. The smallest absolute Gasteiger partial charge is 0.327 e. The standard InChI is InChI=1S/C21H19F4N5S/c22-19-10-16-9-14(1-2-15(16)12-27-19)18-8-13(11-28-20(18)21(23,24)25)7-17(26)3-5-30-29-4-6-31-30/h1-2,4,6,8-12,17,29H,3,5,7,26H2/t17-/m0/s1. The highest BCUT2D eigenvalue weighted by Crippen LogP contribution is 2.37. The van der Waals surface area contributed by atoms with Crippen LogP contribution in [0.2, 0.25) is 0 Å². The molecule has 0 saturated heterocycles. The molecular weight excluding hydrogens is 430 g/mol. The number of halogens is 4. The van der Waals surface area contributed by atoms with Gasteiger partial charge in [0.15, 0.2) is 5.69 Å². The van der Waals surface area contributed by atoms with Crippen LogP contribution in [-0.2, 0) is 12.6 Å². The SMILES string of the molecule is N[C@@H](CCN1NC=CS1)Cc1cnc(C(F)(F)F)c(-c2ccc3cnc(F)cc3c2)c1. The molecule has 3 heterocycles. The number of fused-ring (bicyclic) bond motifs is 1. The van der Waals surface area contributed by atoms with Gasteiger partial charge in [-0.15, -0.1) is 0 Å². The Labute approximate surface area is 180 Å². The summed E-state index contributed by atoms with van der Waals surface area (Å²) in [7, 11) is 0. The maximum Gasteiger partial charge on any atom is 0.433 e. The summed E-state index contributed by atoms with van der Waals surface area (Å²) in [6.45, 7) is 0.685. The first kappa shape index (κ1) is 21.5. The normalized spacial score (nSPS) is 15.4. The molecule has 3 aromatic rings. The molecule has 10 heteroatoms. The molecule has 0 aliphatic carbocycles. The van der Waals surface area contributed by atoms with Crippen LogP contribution in [0.1, 0.15) is 17.7 Å². The van der Waals surface area contributed by atoms with E-state index in [-0.39, 0.29) is 11.6 Å². The van der Waals surface area contributed by atoms with Gasteiger partial charge in [0.05, 0.1) is 0 Å². The fourth-order valence-electron chi connectivity index (χ4n) is 3.40. The molecule has 0 bridgehead atoms. The molecule has 1 aliphatic rings. The molecule has 0 fully saturated rings. The number of benzene rings is 1. The first-order chi connectivity index (χ1) is 14.8. The van der Waals surface area contributed by atoms with Gasteiger partial charge in [0, 0.05) is 53.6 Å². The minimum atomic E-state index is -4.62. The molecule has 5 nitrogen and oxygen atoms in total. The van der Waals surface area contributed by atoms with Crippen LogP contribution >= 0.6 is 11.9 Å². The van der Waals surface area contributed by atoms with Crippen LogP contribution in [0.15, 0.2) is 54.3 Å². The van der Waals surface area contributed by atoms with Gasteiger partial charge in [-0.25, -0.2) is 4.98 Å². The van der Waals surface area contributed by atoms with Gasteiger partial charge in [-0.3, -0.25) is 4.98 Å². The van der Waals surface area contributed by atoms with E-state index >= 15 is 0 Å². The Balaban J connectivity index is 1.62. The van der Waals surface area contributed by atoms with E-state index in [1.807, 2.05) is 16.0 Å². The zero-order valence-electron chi connectivity index (χ0n) is 16.2. The number of nitrogens with zero attached hydrogens (tertiary/aromatic N) is 3. The molecule has 0 spiro atoms. The highest BCUT2D eigenvalue weighted by atomic mass is 32.2. The number of hydrazine groups is 1. The van der Waals surface area contributed by atoms with Crippen LogP contribution in [0, 0.1) is 5.95 Å². The van der Waals surface area contributed by atoms with Crippen molar-refractivity contribution in [3.63, 3.8) is 0 Å². The van der Waals surface area contributed by atoms with Crippen LogP contribution in [0.3, 0.4) is 0 Å². The summed E-state index contributed by atoms with van der Waals surface area (Å²) in [6, 6.07) is 7.11. The Morgan fingerprint density at radius 2 is 1.94 bits per heavy atom. The molecule has 1 atom stereocenters. The molecule has 2 aromatic heterocycles. The zero-order valence-corrected chi connectivity index (χ0v) is 17.1. The number of hydrogen-bond donors (Lipinski definition) is 2. The third-order valence-corrected chi connectivity index (χ3v) is 5.69. The predicted molar refractivity (Wildman–Crippen MR) is 113 cm³/mol. The van der Waals surface area contributed by atoms with Crippen LogP contribution in [0.25, 0.3) is 21.9 Å². The average molecular weight is 449 g/mol. The molecule has 1 aliphatic heterocycles. The van der Waals surface area contributed by atoms with Gasteiger partial charge in [-0.05, 0) is 53.4 Å². The van der Waals surface area contributed by atoms with E-state index in [1.165, 1.54) is 42.5 Å². The van der Waals surface area contributed by atoms with Crippen LogP contribution < -0.4 is 11.2 Å². The van der Waals surface area contributed by atoms with E-state index in [9.17, 15) is 17.6 Å². The van der Waals surface area contributed by atoms with Gasteiger partial charge in [0.2, 0.25) is 5.95 Å². The van der Waals surface area contributed by atoms with E-state index in [4.69, 9.17) is 5.73 Å². The van der Waals surface area contributed by atoms with Crippen LogP contribution in [-0.4, -0.2) is 27.0 Å². The minimum Gasteiger partial charge on any atom is -0.327 e. The Bertz CT molecular complexity index is 1110. The quantitative estimate of drug-likeness (QED) is 0.324. The monoisotopic (exact) mass is 449 g/mol. The van der Waals surface area contributed by atoms with Crippen molar-refractivity contribution in [1.82, 2.24) is 19.8 Å². The van der Waals surface area contributed by atoms with Crippen LogP contribution in [0.5, 0.6) is 0 Å². The van der Waals surface area contributed by atoms with Gasteiger partial charge in [-0.1, -0.05) is 12.1 Å². The number of hydrogen-bond acceptors (Lipinski definition) is 6. The summed E-state index contributed by atoms with van der Waals surface area (Å²) < 4.78 is 56.3. The zero-order chi connectivity index (χ0) is 22.0. The lowest BCUT2D eigenvalue weighted by Crippen LogP contribution is -2.31. The van der Waals surface area contributed by atoms with Crippen molar-refractivity contribution in [1.29, 1.82) is 0 Å². The number of aromatic nitrogens is 2. The number of nitrogens with two attached hydrogens (primary N) is 1. The van der Waals surface area contributed by atoms with Crippen molar-refractivity contribution < 1.29 is 17.6 Å². The molecular formula is C21H19F4N5S. The van der Waals surface area contributed by atoms with E-state index in [0.717, 1.165) is 0 Å². The summed E-state index contributed by atoms with van der Waals surface area (Å²) in [5.41, 5.74) is 9.11. The summed E-state index contributed by atoms with van der Waals surface area (Å²) in [4.78, 5) is 7.28. The lowest BCUT2D eigenvalue weighted by molar-refractivity contribution is -0.140. The van der Waals surface area contributed by atoms with E-state index in [1.54, 1.807) is 12.1 Å². The summed E-state index contributed by atoms with van der Waals surface area (Å²) in [6.07, 6.45) is 0.793. The Hall–Kier alpha value is -2.69. The third-order valence-electron chi connectivity index (χ3n) is 4.89. The van der Waals surface area contributed by atoms with Gasteiger partial charge in [-0.2, -0.15) is 22.0 Å². The lowest BCUT2D eigenvalue weighted by atomic mass is 9.97. The summed E-state index contributed by atoms with van der Waals surface area (Å²) >= 11 is 1.51. The topological polar surface area (TPSA) is 67.1 Å². The highest BCUT2D eigenvalue weighted by Gasteiger charge is 2.36. The number of nitrogens with one attached hydrogen (secondary N) is 1. The van der Waals surface area contributed by atoms with Crippen molar-refractivity contribution in [3.05, 3.63) is 71.5 Å². The van der Waals surface area contributed by atoms with Gasteiger partial charge >= 0.3 is 6.18 Å². The van der Waals surface area contributed by atoms with Crippen molar-refractivity contribution >= 4 is 22.7 Å². The molecule has 4 rings (SSSR count). The summed E-state index contributed by atoms with van der Waals surface area (Å²) in [5.74, 6) is -0.695. The highest BCUT2D eigenvalue weighted by molar-refractivity contribution is 8.00. The first-order valence-electron chi connectivity index (χ1n) is 9.52. The Morgan fingerprint density at radius 3 is 2.68 bits per heavy atom. The number of rotatable bonds is 6. The Morgan fingerprint density at radius 1 is 1.10 bits per heavy atom. The molecule has 0 amide bonds.